The molecule has 3 rings (SSSR count). The van der Waals surface area contributed by atoms with Gasteiger partial charge in [0.25, 0.3) is 0 Å². The number of hydrogen-bond donors (Lipinski definition) is 1. The first kappa shape index (κ1) is 17.2. The van der Waals surface area contributed by atoms with Crippen molar-refractivity contribution < 1.29 is 9.53 Å². The van der Waals surface area contributed by atoms with Gasteiger partial charge in [0.05, 0.1) is 7.11 Å². The van der Waals surface area contributed by atoms with Gasteiger partial charge in [0.15, 0.2) is 0 Å². The van der Waals surface area contributed by atoms with Crippen molar-refractivity contribution in [2.45, 2.75) is 13.5 Å². The Labute approximate surface area is 148 Å². The summed E-state index contributed by atoms with van der Waals surface area (Å²) < 4.78 is 5.08. The minimum Gasteiger partial charge on any atom is -0.481 e. The SMILES string of the molecule is COc1ccc(CN2CCN(C(=O)Nc3ccc(C)cc3)CC2)cn1. The summed E-state index contributed by atoms with van der Waals surface area (Å²) in [6.45, 7) is 6.02. The Morgan fingerprint density at radius 1 is 1.12 bits per heavy atom. The standard InChI is InChI=1S/C19H24N4O2/c1-15-3-6-17(7-4-15)21-19(24)23-11-9-22(10-12-23)14-16-5-8-18(25-2)20-13-16/h3-8,13H,9-12,14H2,1-2H3,(H,21,24). The van der Waals surface area contributed by atoms with E-state index in [2.05, 4.69) is 15.2 Å². The fourth-order valence-corrected chi connectivity index (χ4v) is 2.83. The van der Waals surface area contributed by atoms with Crippen LogP contribution in [-0.2, 0) is 6.54 Å². The van der Waals surface area contributed by atoms with Crippen molar-refractivity contribution in [3.05, 3.63) is 53.7 Å². The first-order chi connectivity index (χ1) is 12.1. The number of aryl methyl sites for hydroxylation is 1. The Balaban J connectivity index is 1.47. The van der Waals surface area contributed by atoms with Crippen LogP contribution in [0.2, 0.25) is 0 Å². The molecule has 0 bridgehead atoms. The Morgan fingerprint density at radius 2 is 1.84 bits per heavy atom. The van der Waals surface area contributed by atoms with E-state index in [0.717, 1.165) is 44.0 Å². The molecule has 1 saturated heterocycles. The molecule has 0 aliphatic carbocycles. The first-order valence-corrected chi connectivity index (χ1v) is 8.48. The number of hydrogen-bond acceptors (Lipinski definition) is 4. The van der Waals surface area contributed by atoms with Crippen LogP contribution in [-0.4, -0.2) is 54.1 Å². The van der Waals surface area contributed by atoms with Gasteiger partial charge in [-0.3, -0.25) is 4.90 Å². The zero-order chi connectivity index (χ0) is 17.6. The molecule has 0 saturated carbocycles. The molecular formula is C19H24N4O2. The van der Waals surface area contributed by atoms with Gasteiger partial charge in [-0.25, -0.2) is 9.78 Å². The number of rotatable bonds is 4. The monoisotopic (exact) mass is 340 g/mol. The van der Waals surface area contributed by atoms with Crippen LogP contribution in [0, 0.1) is 6.92 Å². The fraction of sp³-hybridized carbons (Fsp3) is 0.368. The first-order valence-electron chi connectivity index (χ1n) is 8.48. The van der Waals surface area contributed by atoms with Crippen molar-refractivity contribution >= 4 is 11.7 Å². The number of aromatic nitrogens is 1. The lowest BCUT2D eigenvalue weighted by Gasteiger charge is -2.34. The van der Waals surface area contributed by atoms with E-state index in [1.165, 1.54) is 5.56 Å². The van der Waals surface area contributed by atoms with E-state index < -0.39 is 0 Å². The molecule has 0 spiro atoms. The number of urea groups is 1. The van der Waals surface area contributed by atoms with Crippen LogP contribution in [0.1, 0.15) is 11.1 Å². The van der Waals surface area contributed by atoms with E-state index in [1.54, 1.807) is 7.11 Å². The fourth-order valence-electron chi connectivity index (χ4n) is 2.83. The smallest absolute Gasteiger partial charge is 0.321 e. The number of benzene rings is 1. The van der Waals surface area contributed by atoms with Gasteiger partial charge in [0.2, 0.25) is 5.88 Å². The van der Waals surface area contributed by atoms with Crippen molar-refractivity contribution in [1.29, 1.82) is 0 Å². The van der Waals surface area contributed by atoms with Gasteiger partial charge in [0, 0.05) is 50.7 Å². The largest absolute Gasteiger partial charge is 0.481 e. The zero-order valence-corrected chi connectivity index (χ0v) is 14.7. The maximum atomic E-state index is 12.4. The minimum atomic E-state index is -0.0328. The predicted octanol–water partition coefficient (Wildman–Crippen LogP) is 2.75. The molecular weight excluding hydrogens is 316 g/mol. The number of carbonyl (C=O) groups excluding carboxylic acids is 1. The normalized spacial score (nSPS) is 15.0. The van der Waals surface area contributed by atoms with E-state index in [0.29, 0.717) is 5.88 Å². The van der Waals surface area contributed by atoms with Gasteiger partial charge in [-0.15, -0.1) is 0 Å². The van der Waals surface area contributed by atoms with Gasteiger partial charge >= 0.3 is 6.03 Å². The van der Waals surface area contributed by atoms with Crippen LogP contribution >= 0.6 is 0 Å². The molecule has 1 N–H and O–H groups in total. The molecule has 1 aromatic heterocycles. The van der Waals surface area contributed by atoms with Crippen molar-refractivity contribution in [2.24, 2.45) is 0 Å². The van der Waals surface area contributed by atoms with Crippen molar-refractivity contribution in [1.82, 2.24) is 14.8 Å². The zero-order valence-electron chi connectivity index (χ0n) is 14.7. The Kier molecular flexibility index (Phi) is 5.50. The maximum absolute atomic E-state index is 12.4. The van der Waals surface area contributed by atoms with Crippen molar-refractivity contribution in [3.8, 4) is 5.88 Å². The maximum Gasteiger partial charge on any atom is 0.321 e. The summed E-state index contributed by atoms with van der Waals surface area (Å²) in [7, 11) is 1.61. The highest BCUT2D eigenvalue weighted by Gasteiger charge is 2.21. The molecule has 6 heteroatoms. The predicted molar refractivity (Wildman–Crippen MR) is 97.8 cm³/mol. The number of pyridine rings is 1. The van der Waals surface area contributed by atoms with Gasteiger partial charge in [-0.1, -0.05) is 23.8 Å². The Bertz CT molecular complexity index is 692. The van der Waals surface area contributed by atoms with Crippen LogP contribution in [0.3, 0.4) is 0 Å². The van der Waals surface area contributed by atoms with Gasteiger partial charge in [-0.2, -0.15) is 0 Å². The second-order valence-electron chi connectivity index (χ2n) is 6.27. The summed E-state index contributed by atoms with van der Waals surface area (Å²) >= 11 is 0. The summed E-state index contributed by atoms with van der Waals surface area (Å²) in [4.78, 5) is 20.8. The average Bonchev–Trinajstić information content (AvgIpc) is 2.65. The average molecular weight is 340 g/mol. The number of ether oxygens (including phenoxy) is 1. The molecule has 0 unspecified atom stereocenters. The van der Waals surface area contributed by atoms with Crippen LogP contribution in [0.4, 0.5) is 10.5 Å². The molecule has 2 heterocycles. The Morgan fingerprint density at radius 3 is 2.44 bits per heavy atom. The van der Waals surface area contributed by atoms with Gasteiger partial charge in [-0.05, 0) is 24.6 Å². The molecule has 132 valence electrons. The molecule has 6 nitrogen and oxygen atoms in total. The van der Waals surface area contributed by atoms with Gasteiger partial charge in [0.1, 0.15) is 0 Å². The third-order valence-electron chi connectivity index (χ3n) is 4.38. The molecule has 25 heavy (non-hydrogen) atoms. The molecule has 1 aliphatic heterocycles. The van der Waals surface area contributed by atoms with Crippen LogP contribution < -0.4 is 10.1 Å². The molecule has 2 aromatic rings. The van der Waals surface area contributed by atoms with Gasteiger partial charge < -0.3 is 15.0 Å². The number of piperazine rings is 1. The molecule has 1 aliphatic rings. The number of methoxy groups -OCH3 is 1. The van der Waals surface area contributed by atoms with Crippen molar-refractivity contribution in [3.63, 3.8) is 0 Å². The van der Waals surface area contributed by atoms with Crippen molar-refractivity contribution in [2.75, 3.05) is 38.6 Å². The lowest BCUT2D eigenvalue weighted by atomic mass is 10.2. The number of nitrogens with zero attached hydrogens (tertiary/aromatic N) is 3. The van der Waals surface area contributed by atoms with Crippen LogP contribution in [0.5, 0.6) is 5.88 Å². The minimum absolute atomic E-state index is 0.0328. The molecule has 1 fully saturated rings. The Hall–Kier alpha value is -2.60. The second kappa shape index (κ2) is 7.98. The summed E-state index contributed by atoms with van der Waals surface area (Å²) in [6, 6.07) is 11.7. The van der Waals surface area contributed by atoms with Crippen LogP contribution in [0.25, 0.3) is 0 Å². The highest BCUT2D eigenvalue weighted by atomic mass is 16.5. The third kappa shape index (κ3) is 4.70. The van der Waals surface area contributed by atoms with E-state index in [1.807, 2.05) is 54.4 Å². The van der Waals surface area contributed by atoms with E-state index in [-0.39, 0.29) is 6.03 Å². The topological polar surface area (TPSA) is 57.7 Å². The summed E-state index contributed by atoms with van der Waals surface area (Å²) in [5.74, 6) is 0.626. The van der Waals surface area contributed by atoms with E-state index >= 15 is 0 Å². The molecule has 0 atom stereocenters. The summed E-state index contributed by atoms with van der Waals surface area (Å²) in [5.41, 5.74) is 3.17. The number of nitrogens with one attached hydrogen (secondary N) is 1. The van der Waals surface area contributed by atoms with E-state index in [9.17, 15) is 4.79 Å². The second-order valence-corrected chi connectivity index (χ2v) is 6.27. The molecule has 1 aromatic carbocycles. The highest BCUT2D eigenvalue weighted by Crippen LogP contribution is 2.13. The number of amides is 2. The highest BCUT2D eigenvalue weighted by molar-refractivity contribution is 5.89. The van der Waals surface area contributed by atoms with Crippen LogP contribution in [0.15, 0.2) is 42.6 Å². The number of anilines is 1. The quantitative estimate of drug-likeness (QED) is 0.930. The summed E-state index contributed by atoms with van der Waals surface area (Å²) in [5, 5.41) is 2.96. The summed E-state index contributed by atoms with van der Waals surface area (Å²) in [6.07, 6.45) is 1.84. The number of carbonyl (C=O) groups is 1. The molecule has 0 radical (unpaired) electrons. The lowest BCUT2D eigenvalue weighted by Crippen LogP contribution is -2.49. The third-order valence-corrected chi connectivity index (χ3v) is 4.38. The molecule has 2 amide bonds. The van der Waals surface area contributed by atoms with E-state index in [4.69, 9.17) is 4.74 Å². The lowest BCUT2D eigenvalue weighted by molar-refractivity contribution is 0.143.